The van der Waals surface area contributed by atoms with Gasteiger partial charge in [-0.2, -0.15) is 0 Å². The van der Waals surface area contributed by atoms with Crippen LogP contribution in [0.4, 0.5) is 0 Å². The minimum Gasteiger partial charge on any atom is -0.268 e. The molecule has 1 unspecified atom stereocenters. The first-order chi connectivity index (χ1) is 6.02. The van der Waals surface area contributed by atoms with Crippen molar-refractivity contribution in [2.24, 2.45) is 0 Å². The summed E-state index contributed by atoms with van der Waals surface area (Å²) >= 11 is 0. The molecule has 0 saturated carbocycles. The Morgan fingerprint density at radius 1 is 1.46 bits per heavy atom. The summed E-state index contributed by atoms with van der Waals surface area (Å²) < 4.78 is 2.26. The smallest absolute Gasteiger partial charge is 0.266 e. The van der Waals surface area contributed by atoms with Gasteiger partial charge in [0, 0.05) is 7.92 Å². The fourth-order valence-electron chi connectivity index (χ4n) is 1.81. The minimum absolute atomic E-state index is 0.0491. The van der Waals surface area contributed by atoms with Crippen molar-refractivity contribution in [1.82, 2.24) is 4.90 Å². The van der Waals surface area contributed by atoms with Crippen molar-refractivity contribution in [1.29, 1.82) is 0 Å². The average Bonchev–Trinajstić information content (AvgIpc) is 2.34. The first-order valence-corrected chi connectivity index (χ1v) is 6.35. The van der Waals surface area contributed by atoms with Crippen LogP contribution in [0.2, 0.25) is 0 Å². The van der Waals surface area contributed by atoms with Gasteiger partial charge in [0.25, 0.3) is 5.58 Å². The molecular formula is C10H20N2P+. The van der Waals surface area contributed by atoms with Crippen molar-refractivity contribution in [3.63, 3.8) is 0 Å². The van der Waals surface area contributed by atoms with Gasteiger partial charge in [0.2, 0.25) is 0 Å². The summed E-state index contributed by atoms with van der Waals surface area (Å²) in [7, 11) is 8.63. The molecule has 0 fully saturated rings. The molecule has 0 N–H and O–H groups in total. The zero-order chi connectivity index (χ0) is 10.0. The van der Waals surface area contributed by atoms with E-state index in [9.17, 15) is 0 Å². The minimum atomic E-state index is 0.0491. The molecule has 1 rings (SSSR count). The van der Waals surface area contributed by atoms with Crippen LogP contribution in [-0.4, -0.2) is 55.6 Å². The Morgan fingerprint density at radius 2 is 2.08 bits per heavy atom. The predicted octanol–water partition coefficient (Wildman–Crippen LogP) is 1.62. The molecule has 74 valence electrons. The molecule has 2 nitrogen and oxygen atoms in total. The van der Waals surface area contributed by atoms with Crippen molar-refractivity contribution >= 4 is 13.5 Å². The summed E-state index contributed by atoms with van der Waals surface area (Å²) in [6, 6.07) is 0. The van der Waals surface area contributed by atoms with Gasteiger partial charge in [-0.3, -0.25) is 9.48 Å². The van der Waals surface area contributed by atoms with Crippen LogP contribution in [0.5, 0.6) is 0 Å². The maximum absolute atomic E-state index is 2.39. The highest BCUT2D eigenvalue weighted by molar-refractivity contribution is 7.75. The van der Waals surface area contributed by atoms with Crippen LogP contribution in [0.3, 0.4) is 0 Å². The van der Waals surface area contributed by atoms with Crippen molar-refractivity contribution < 1.29 is 4.58 Å². The van der Waals surface area contributed by atoms with Gasteiger partial charge >= 0.3 is 0 Å². The van der Waals surface area contributed by atoms with Crippen LogP contribution in [0.25, 0.3) is 0 Å². The van der Waals surface area contributed by atoms with Gasteiger partial charge in [0.1, 0.15) is 0 Å². The number of amidine groups is 1. The van der Waals surface area contributed by atoms with Gasteiger partial charge < -0.3 is 0 Å². The molecule has 0 radical (unpaired) electrons. The Hall–Kier alpha value is -0.360. The molecule has 1 aliphatic rings. The van der Waals surface area contributed by atoms with E-state index in [-0.39, 0.29) is 7.92 Å². The third-order valence-corrected chi connectivity index (χ3v) is 5.05. The maximum Gasteiger partial charge on any atom is 0.266 e. The van der Waals surface area contributed by atoms with Gasteiger partial charge in [-0.1, -0.05) is 11.6 Å². The summed E-state index contributed by atoms with van der Waals surface area (Å²) in [5, 5.41) is 0. The van der Waals surface area contributed by atoms with E-state index in [4.69, 9.17) is 0 Å². The molecule has 0 saturated heterocycles. The van der Waals surface area contributed by atoms with E-state index in [1.165, 1.54) is 17.9 Å². The zero-order valence-corrected chi connectivity index (χ0v) is 10.2. The summed E-state index contributed by atoms with van der Waals surface area (Å²) in [4.78, 5) is 2.26. The normalized spacial score (nSPS) is 21.3. The topological polar surface area (TPSA) is 6.25 Å². The van der Waals surface area contributed by atoms with Crippen molar-refractivity contribution in [2.75, 3.05) is 40.5 Å². The van der Waals surface area contributed by atoms with Crippen LogP contribution in [0.15, 0.2) is 11.6 Å². The molecule has 0 aromatic rings. The van der Waals surface area contributed by atoms with Crippen LogP contribution >= 0.6 is 7.92 Å². The Balaban J connectivity index is 2.76. The monoisotopic (exact) mass is 199 g/mol. The number of nitrogens with zero attached hydrogens (tertiary/aromatic N) is 2. The molecule has 0 bridgehead atoms. The molecule has 0 amide bonds. The van der Waals surface area contributed by atoms with E-state index < -0.39 is 0 Å². The van der Waals surface area contributed by atoms with Crippen LogP contribution in [0.1, 0.15) is 6.92 Å². The highest BCUT2D eigenvalue weighted by Crippen LogP contribution is 2.44. The fourth-order valence-corrected chi connectivity index (χ4v) is 4.64. The Morgan fingerprint density at radius 3 is 2.38 bits per heavy atom. The molecule has 0 spiro atoms. The van der Waals surface area contributed by atoms with Gasteiger partial charge in [0.05, 0.1) is 28.2 Å². The van der Waals surface area contributed by atoms with E-state index in [0.717, 1.165) is 0 Å². The lowest BCUT2D eigenvalue weighted by atomic mass is 10.3. The van der Waals surface area contributed by atoms with E-state index in [0.29, 0.717) is 0 Å². The van der Waals surface area contributed by atoms with Gasteiger partial charge in [-0.05, 0) is 19.2 Å². The first kappa shape index (κ1) is 10.7. The lowest BCUT2D eigenvalue weighted by Gasteiger charge is -2.17. The predicted molar refractivity (Wildman–Crippen MR) is 61.2 cm³/mol. The van der Waals surface area contributed by atoms with Crippen LogP contribution < -0.4 is 0 Å². The number of rotatable bonds is 1. The number of hydrogen-bond donors (Lipinski definition) is 0. The molecule has 1 aliphatic heterocycles. The summed E-state index contributed by atoms with van der Waals surface area (Å²) in [5.74, 6) is 0. The van der Waals surface area contributed by atoms with Crippen molar-refractivity contribution in [2.45, 2.75) is 6.92 Å². The van der Waals surface area contributed by atoms with E-state index in [1.54, 1.807) is 5.57 Å². The van der Waals surface area contributed by atoms with Crippen molar-refractivity contribution in [3.05, 3.63) is 11.6 Å². The fraction of sp³-hybridized carbons (Fsp3) is 0.700. The highest BCUT2D eigenvalue weighted by atomic mass is 31.1. The summed E-state index contributed by atoms with van der Waals surface area (Å²) in [6.45, 7) is 2.24. The van der Waals surface area contributed by atoms with Gasteiger partial charge in [0.15, 0.2) is 0 Å². The summed E-state index contributed by atoms with van der Waals surface area (Å²) in [5.41, 5.74) is 3.07. The summed E-state index contributed by atoms with van der Waals surface area (Å²) in [6.07, 6.45) is 4.95. The molecule has 1 atom stereocenters. The Kier molecular flexibility index (Phi) is 3.49. The van der Waals surface area contributed by atoms with E-state index in [2.05, 4.69) is 50.7 Å². The molecule has 0 aromatic carbocycles. The first-order valence-electron chi connectivity index (χ1n) is 4.64. The molecule has 0 aromatic heterocycles. The second-order valence-electron chi connectivity index (χ2n) is 4.02. The number of hydrogen-bond acceptors (Lipinski definition) is 0. The van der Waals surface area contributed by atoms with Crippen LogP contribution in [-0.2, 0) is 0 Å². The lowest BCUT2D eigenvalue weighted by molar-refractivity contribution is -0.466. The third-order valence-electron chi connectivity index (χ3n) is 2.18. The molecule has 1 heterocycles. The van der Waals surface area contributed by atoms with Gasteiger partial charge in [-0.15, -0.1) is 0 Å². The van der Waals surface area contributed by atoms with Gasteiger partial charge in [-0.25, -0.2) is 0 Å². The Bertz CT molecular complexity index is 250. The van der Waals surface area contributed by atoms with Crippen LogP contribution in [0, 0.1) is 0 Å². The zero-order valence-electron chi connectivity index (χ0n) is 9.33. The van der Waals surface area contributed by atoms with E-state index >= 15 is 0 Å². The largest absolute Gasteiger partial charge is 0.268 e. The number of allylic oxidation sites excluding steroid dienone is 2. The lowest BCUT2D eigenvalue weighted by Crippen LogP contribution is -2.28. The quantitative estimate of drug-likeness (QED) is 0.204. The third kappa shape index (κ3) is 2.54. The standard InChI is InChI=1S/C10H20N2P/c1-9-6-7-13(8-9)10(11(2)3)12(4)5/h6H,7-8H2,1-5H3/q+1. The Labute approximate surface area is 82.7 Å². The second-order valence-corrected chi connectivity index (χ2v) is 6.18. The SMILES string of the molecule is CC1=CCP(C(N(C)C)=[N+](C)C)C1. The maximum atomic E-state index is 2.39. The van der Waals surface area contributed by atoms with Crippen molar-refractivity contribution in [3.8, 4) is 0 Å². The second kappa shape index (κ2) is 4.23. The van der Waals surface area contributed by atoms with E-state index in [1.807, 2.05) is 0 Å². The molecule has 0 aliphatic carbocycles. The molecule has 13 heavy (non-hydrogen) atoms. The highest BCUT2D eigenvalue weighted by Gasteiger charge is 2.27. The average molecular weight is 199 g/mol. The molecular weight excluding hydrogens is 179 g/mol. The molecule has 3 heteroatoms.